The first-order chi connectivity index (χ1) is 16.6. The van der Waals surface area contributed by atoms with Gasteiger partial charge in [-0.2, -0.15) is 11.8 Å². The van der Waals surface area contributed by atoms with E-state index in [1.807, 2.05) is 6.26 Å². The van der Waals surface area contributed by atoms with Crippen molar-refractivity contribution in [2.45, 2.75) is 49.9 Å². The Morgan fingerprint density at radius 3 is 2.03 bits per heavy atom. The fourth-order valence-electron chi connectivity index (χ4n) is 3.00. The highest BCUT2D eigenvalue weighted by Crippen LogP contribution is 2.07. The molecule has 35 heavy (non-hydrogen) atoms. The molecule has 0 aromatic heterocycles. The zero-order chi connectivity index (χ0) is 26.4. The van der Waals surface area contributed by atoms with Crippen LogP contribution in [0.4, 0.5) is 0 Å². The number of benzene rings is 1. The summed E-state index contributed by atoms with van der Waals surface area (Å²) in [6.45, 7) is -0.849. The molecule has 13 heteroatoms. The molecule has 0 aliphatic carbocycles. The van der Waals surface area contributed by atoms with Crippen molar-refractivity contribution in [3.63, 3.8) is 0 Å². The standard InChI is InChI=1S/C22H33N5O7S/c1-35-10-9-14(23)19(30)25-15(7-8-18(24)29)20(31)26-16(11-13-5-3-2-4-6-13)21(32)27-17(12-28)22(33)34/h2-6,14-17,28H,7-12,23H2,1H3,(H2,24,29)(H,25,30)(H,26,31)(H,27,32)(H,33,34). The minimum atomic E-state index is -1.57. The number of carboxylic acid groups (broad SMARTS) is 1. The van der Waals surface area contributed by atoms with Crippen LogP contribution in [0.3, 0.4) is 0 Å². The van der Waals surface area contributed by atoms with Gasteiger partial charge in [-0.25, -0.2) is 4.79 Å². The average molecular weight is 512 g/mol. The molecule has 0 bridgehead atoms. The number of rotatable bonds is 16. The molecule has 12 nitrogen and oxygen atoms in total. The van der Waals surface area contributed by atoms with E-state index in [9.17, 15) is 29.1 Å². The molecule has 194 valence electrons. The van der Waals surface area contributed by atoms with E-state index in [2.05, 4.69) is 16.0 Å². The molecular weight excluding hydrogens is 478 g/mol. The first kappa shape index (κ1) is 29.9. The number of carbonyl (C=O) groups excluding carboxylic acids is 4. The van der Waals surface area contributed by atoms with E-state index in [0.717, 1.165) is 0 Å². The van der Waals surface area contributed by atoms with Gasteiger partial charge in [-0.1, -0.05) is 30.3 Å². The number of nitrogens with two attached hydrogens (primary N) is 2. The first-order valence-corrected chi connectivity index (χ1v) is 12.3. The fraction of sp³-hybridized carbons (Fsp3) is 0.500. The molecule has 0 aliphatic rings. The molecule has 0 radical (unpaired) electrons. The van der Waals surface area contributed by atoms with Crippen molar-refractivity contribution >= 4 is 41.4 Å². The minimum absolute atomic E-state index is 0.0000954. The first-order valence-electron chi connectivity index (χ1n) is 10.9. The molecule has 4 unspecified atom stereocenters. The Kier molecular flexibility index (Phi) is 13.4. The van der Waals surface area contributed by atoms with Gasteiger partial charge in [-0.15, -0.1) is 0 Å². The van der Waals surface area contributed by atoms with E-state index in [-0.39, 0.29) is 19.3 Å². The monoisotopic (exact) mass is 511 g/mol. The molecule has 0 saturated carbocycles. The number of hydrogen-bond donors (Lipinski definition) is 7. The lowest BCUT2D eigenvalue weighted by Gasteiger charge is -2.25. The van der Waals surface area contributed by atoms with Crippen LogP contribution in [0.15, 0.2) is 30.3 Å². The maximum Gasteiger partial charge on any atom is 0.328 e. The summed E-state index contributed by atoms with van der Waals surface area (Å²) >= 11 is 1.50. The van der Waals surface area contributed by atoms with Crippen molar-refractivity contribution in [1.82, 2.24) is 16.0 Å². The number of primary amides is 1. The van der Waals surface area contributed by atoms with Gasteiger partial charge in [0.05, 0.1) is 12.6 Å². The summed E-state index contributed by atoms with van der Waals surface area (Å²) in [5.41, 5.74) is 11.7. The van der Waals surface area contributed by atoms with Crippen LogP contribution >= 0.6 is 11.8 Å². The second-order valence-electron chi connectivity index (χ2n) is 7.79. The molecule has 0 spiro atoms. The zero-order valence-electron chi connectivity index (χ0n) is 19.4. The van der Waals surface area contributed by atoms with Crippen molar-refractivity contribution in [3.05, 3.63) is 35.9 Å². The van der Waals surface area contributed by atoms with Crippen LogP contribution in [0.1, 0.15) is 24.8 Å². The quantitative estimate of drug-likeness (QED) is 0.132. The van der Waals surface area contributed by atoms with Crippen molar-refractivity contribution in [1.29, 1.82) is 0 Å². The Bertz CT molecular complexity index is 871. The molecule has 0 fully saturated rings. The maximum absolute atomic E-state index is 13.1. The lowest BCUT2D eigenvalue weighted by molar-refractivity contribution is -0.143. The Hall–Kier alpha value is -3.16. The topological polar surface area (TPSA) is 214 Å². The van der Waals surface area contributed by atoms with Gasteiger partial charge in [-0.05, 0) is 30.4 Å². The summed E-state index contributed by atoms with van der Waals surface area (Å²) in [4.78, 5) is 60.8. The highest BCUT2D eigenvalue weighted by atomic mass is 32.2. The Morgan fingerprint density at radius 2 is 1.49 bits per heavy atom. The van der Waals surface area contributed by atoms with Crippen molar-refractivity contribution in [2.24, 2.45) is 11.5 Å². The van der Waals surface area contributed by atoms with E-state index in [1.54, 1.807) is 30.3 Å². The highest BCUT2D eigenvalue weighted by molar-refractivity contribution is 7.98. The Labute approximate surface area is 207 Å². The number of hydrogen-bond acceptors (Lipinski definition) is 8. The molecule has 0 aliphatic heterocycles. The average Bonchev–Trinajstić information content (AvgIpc) is 2.82. The molecule has 0 saturated heterocycles. The molecule has 1 aromatic carbocycles. The lowest BCUT2D eigenvalue weighted by atomic mass is 10.0. The van der Waals surface area contributed by atoms with Gasteiger partial charge >= 0.3 is 5.97 Å². The van der Waals surface area contributed by atoms with Crippen LogP contribution < -0.4 is 27.4 Å². The maximum atomic E-state index is 13.1. The second kappa shape index (κ2) is 15.7. The number of aliphatic hydroxyl groups is 1. The molecule has 1 rings (SSSR count). The van der Waals surface area contributed by atoms with Crippen LogP contribution in [0, 0.1) is 0 Å². The molecule has 0 heterocycles. The van der Waals surface area contributed by atoms with Crippen LogP contribution in [0.25, 0.3) is 0 Å². The molecule has 4 amide bonds. The van der Waals surface area contributed by atoms with Crippen LogP contribution in [0.5, 0.6) is 0 Å². The third-order valence-corrected chi connectivity index (χ3v) is 5.64. The van der Waals surface area contributed by atoms with Gasteiger partial charge < -0.3 is 37.6 Å². The number of aliphatic hydroxyl groups excluding tert-OH is 1. The van der Waals surface area contributed by atoms with Crippen molar-refractivity contribution < 1.29 is 34.2 Å². The van der Waals surface area contributed by atoms with Gasteiger partial charge in [0.2, 0.25) is 23.6 Å². The molecule has 9 N–H and O–H groups in total. The minimum Gasteiger partial charge on any atom is -0.480 e. The zero-order valence-corrected chi connectivity index (χ0v) is 20.3. The number of aliphatic carboxylic acids is 1. The summed E-state index contributed by atoms with van der Waals surface area (Å²) in [5.74, 6) is -3.73. The normalized spacial score (nSPS) is 14.1. The van der Waals surface area contributed by atoms with Gasteiger partial charge in [0.25, 0.3) is 0 Å². The summed E-state index contributed by atoms with van der Waals surface area (Å²) in [5, 5.41) is 25.5. The summed E-state index contributed by atoms with van der Waals surface area (Å²) in [6.07, 6.45) is 1.89. The van der Waals surface area contributed by atoms with Gasteiger partial charge in [0.15, 0.2) is 0 Å². The van der Waals surface area contributed by atoms with E-state index in [1.165, 1.54) is 11.8 Å². The van der Waals surface area contributed by atoms with E-state index >= 15 is 0 Å². The van der Waals surface area contributed by atoms with Gasteiger partial charge in [0, 0.05) is 12.8 Å². The van der Waals surface area contributed by atoms with E-state index in [4.69, 9.17) is 16.6 Å². The SMILES string of the molecule is CSCCC(N)C(=O)NC(CCC(N)=O)C(=O)NC(Cc1ccccc1)C(=O)NC(CO)C(=O)O. The number of nitrogens with one attached hydrogen (secondary N) is 3. The number of carbonyl (C=O) groups is 5. The lowest BCUT2D eigenvalue weighted by Crippen LogP contribution is -2.58. The number of carboxylic acids is 1. The van der Waals surface area contributed by atoms with Crippen molar-refractivity contribution in [2.75, 3.05) is 18.6 Å². The number of thioether (sulfide) groups is 1. The second-order valence-corrected chi connectivity index (χ2v) is 8.77. The smallest absolute Gasteiger partial charge is 0.328 e. The summed E-state index contributed by atoms with van der Waals surface area (Å²) in [7, 11) is 0. The summed E-state index contributed by atoms with van der Waals surface area (Å²) in [6, 6.07) is 3.74. The predicted molar refractivity (Wildman–Crippen MR) is 130 cm³/mol. The van der Waals surface area contributed by atoms with Crippen LogP contribution in [-0.4, -0.2) is 82.6 Å². The van der Waals surface area contributed by atoms with Gasteiger partial charge in [0.1, 0.15) is 18.1 Å². The van der Waals surface area contributed by atoms with Crippen LogP contribution in [0.2, 0.25) is 0 Å². The predicted octanol–water partition coefficient (Wildman–Crippen LogP) is -1.89. The molecule has 1 aromatic rings. The summed E-state index contributed by atoms with van der Waals surface area (Å²) < 4.78 is 0. The Morgan fingerprint density at radius 1 is 0.914 bits per heavy atom. The fourth-order valence-corrected chi connectivity index (χ4v) is 3.49. The highest BCUT2D eigenvalue weighted by Gasteiger charge is 2.30. The number of amides is 4. The molecule has 4 atom stereocenters. The van der Waals surface area contributed by atoms with Crippen molar-refractivity contribution in [3.8, 4) is 0 Å². The van der Waals surface area contributed by atoms with Crippen LogP contribution in [-0.2, 0) is 30.4 Å². The van der Waals surface area contributed by atoms with Gasteiger partial charge in [-0.3, -0.25) is 19.2 Å². The van der Waals surface area contributed by atoms with E-state index in [0.29, 0.717) is 17.7 Å². The molecular formula is C22H33N5O7S. The van der Waals surface area contributed by atoms with E-state index < -0.39 is 60.4 Å². The Balaban J connectivity index is 3.07. The third-order valence-electron chi connectivity index (χ3n) is 4.99. The largest absolute Gasteiger partial charge is 0.480 e. The third kappa shape index (κ3) is 11.2.